The molecule has 1 aromatic heterocycles. The van der Waals surface area contributed by atoms with Crippen LogP contribution in [0.3, 0.4) is 0 Å². The Morgan fingerprint density at radius 3 is 2.33 bits per heavy atom. The lowest BCUT2D eigenvalue weighted by atomic mass is 10.2. The van der Waals surface area contributed by atoms with Gasteiger partial charge in [0, 0.05) is 5.69 Å². The second-order valence-electron chi connectivity index (χ2n) is 6.25. The van der Waals surface area contributed by atoms with E-state index in [1.54, 1.807) is 31.2 Å². The Morgan fingerprint density at radius 1 is 1.07 bits per heavy atom. The number of rotatable bonds is 6. The zero-order chi connectivity index (χ0) is 21.5. The van der Waals surface area contributed by atoms with Gasteiger partial charge in [-0.1, -0.05) is 30.0 Å². The fourth-order valence-corrected chi connectivity index (χ4v) is 3.44. The van der Waals surface area contributed by atoms with E-state index in [2.05, 4.69) is 10.3 Å². The third kappa shape index (κ3) is 5.07. The fourth-order valence-electron chi connectivity index (χ4n) is 2.52. The summed E-state index contributed by atoms with van der Waals surface area (Å²) >= 11 is 1.16. The van der Waals surface area contributed by atoms with Crippen molar-refractivity contribution in [3.8, 4) is 23.6 Å². The van der Waals surface area contributed by atoms with Crippen LogP contribution in [0.1, 0.15) is 18.1 Å². The number of thioether (sulfide) groups is 1. The van der Waals surface area contributed by atoms with Gasteiger partial charge in [0.2, 0.25) is 5.91 Å². The SMILES string of the molecule is C[C@@H](Sc1[nH+]c(N)c(C#N)cc1C#N)C(=O)Nc1ccc(Oc2ccccc2)cc1. The molecule has 7 nitrogen and oxygen atoms in total. The Hall–Kier alpha value is -4.01. The predicted molar refractivity (Wildman–Crippen MR) is 114 cm³/mol. The number of anilines is 2. The lowest BCUT2D eigenvalue weighted by Crippen LogP contribution is -2.25. The third-order valence-corrected chi connectivity index (χ3v) is 5.20. The Kier molecular flexibility index (Phi) is 6.53. The van der Waals surface area contributed by atoms with Gasteiger partial charge in [-0.25, -0.2) is 4.98 Å². The van der Waals surface area contributed by atoms with Crippen LogP contribution in [0, 0.1) is 22.7 Å². The standard InChI is InChI=1S/C22H17N5O2S/c1-14(30-22-16(13-24)11-15(12-23)20(25)27-22)21(28)26-17-7-9-19(10-8-17)29-18-5-3-2-4-6-18/h2-11,14H,1H3,(H2,25,27)(H,26,28)/p+1/t14-/m1/s1. The van der Waals surface area contributed by atoms with E-state index in [9.17, 15) is 10.1 Å². The zero-order valence-corrected chi connectivity index (χ0v) is 16.9. The maximum absolute atomic E-state index is 12.6. The number of nitrogens with zero attached hydrogens (tertiary/aromatic N) is 2. The number of pyridine rings is 1. The summed E-state index contributed by atoms with van der Waals surface area (Å²) in [7, 11) is 0. The first-order valence-electron chi connectivity index (χ1n) is 8.96. The highest BCUT2D eigenvalue weighted by atomic mass is 32.2. The summed E-state index contributed by atoms with van der Waals surface area (Å²) in [6, 6.07) is 21.8. The Bertz CT molecular complexity index is 1140. The van der Waals surface area contributed by atoms with Gasteiger partial charge in [0.05, 0.1) is 5.25 Å². The monoisotopic (exact) mass is 416 g/mol. The van der Waals surface area contributed by atoms with Crippen LogP contribution in [0.4, 0.5) is 11.5 Å². The van der Waals surface area contributed by atoms with Gasteiger partial charge < -0.3 is 10.1 Å². The first kappa shape index (κ1) is 20.7. The van der Waals surface area contributed by atoms with Crippen LogP contribution < -0.4 is 20.8 Å². The molecule has 0 aliphatic heterocycles. The molecule has 0 saturated carbocycles. The zero-order valence-electron chi connectivity index (χ0n) is 16.0. The minimum Gasteiger partial charge on any atom is -0.457 e. The molecule has 8 heteroatoms. The molecule has 0 aliphatic rings. The summed E-state index contributed by atoms with van der Waals surface area (Å²) in [6.45, 7) is 1.72. The molecule has 1 heterocycles. The van der Waals surface area contributed by atoms with Crippen LogP contribution in [0.5, 0.6) is 11.5 Å². The van der Waals surface area contributed by atoms with Crippen molar-refractivity contribution in [3.63, 3.8) is 0 Å². The van der Waals surface area contributed by atoms with Crippen molar-refractivity contribution in [1.82, 2.24) is 0 Å². The van der Waals surface area contributed by atoms with Crippen molar-refractivity contribution in [3.05, 3.63) is 71.8 Å². The summed E-state index contributed by atoms with van der Waals surface area (Å²) in [4.78, 5) is 15.4. The molecule has 0 fully saturated rings. The number of nitrogens with two attached hydrogens (primary N) is 1. The van der Waals surface area contributed by atoms with Gasteiger partial charge >= 0.3 is 0 Å². The first-order chi connectivity index (χ1) is 14.5. The summed E-state index contributed by atoms with van der Waals surface area (Å²) in [5.74, 6) is 1.30. The van der Waals surface area contributed by atoms with E-state index >= 15 is 0 Å². The van der Waals surface area contributed by atoms with Gasteiger partial charge in [-0.05, 0) is 49.4 Å². The van der Waals surface area contributed by atoms with E-state index in [1.807, 2.05) is 42.5 Å². The number of nitriles is 2. The second-order valence-corrected chi connectivity index (χ2v) is 7.60. The van der Waals surface area contributed by atoms with Crippen molar-refractivity contribution in [2.75, 3.05) is 11.1 Å². The van der Waals surface area contributed by atoms with Crippen LogP contribution in [0.2, 0.25) is 0 Å². The first-order valence-corrected chi connectivity index (χ1v) is 9.84. The van der Waals surface area contributed by atoms with Crippen LogP contribution in [-0.4, -0.2) is 11.2 Å². The van der Waals surface area contributed by atoms with Gasteiger partial charge in [-0.3, -0.25) is 10.5 Å². The lowest BCUT2D eigenvalue weighted by molar-refractivity contribution is -0.410. The number of amides is 1. The number of nitrogens with one attached hydrogen (secondary N) is 2. The van der Waals surface area contributed by atoms with Crippen molar-refractivity contribution in [2.24, 2.45) is 0 Å². The third-order valence-electron chi connectivity index (χ3n) is 4.08. The number of benzene rings is 2. The molecule has 0 aliphatic carbocycles. The molecule has 0 bridgehead atoms. The topological polar surface area (TPSA) is 126 Å². The molecule has 2 aromatic carbocycles. The molecule has 1 atom stereocenters. The molecule has 0 saturated heterocycles. The lowest BCUT2D eigenvalue weighted by Gasteiger charge is -2.12. The number of aromatic amines is 1. The second kappa shape index (κ2) is 9.46. The number of carbonyl (C=O) groups is 1. The van der Waals surface area contributed by atoms with E-state index in [-0.39, 0.29) is 22.9 Å². The number of aromatic nitrogens is 1. The van der Waals surface area contributed by atoms with Gasteiger partial charge in [0.15, 0.2) is 5.03 Å². The van der Waals surface area contributed by atoms with Gasteiger partial charge in [-0.2, -0.15) is 10.5 Å². The van der Waals surface area contributed by atoms with Crippen molar-refractivity contribution in [2.45, 2.75) is 17.2 Å². The summed E-state index contributed by atoms with van der Waals surface area (Å²) in [5.41, 5.74) is 6.85. The van der Waals surface area contributed by atoms with E-state index in [4.69, 9.17) is 15.7 Å². The molecule has 3 rings (SSSR count). The molecule has 0 radical (unpaired) electrons. The summed E-state index contributed by atoms with van der Waals surface area (Å²) in [5, 5.41) is 21.1. The number of hydrogen-bond acceptors (Lipinski definition) is 6. The highest BCUT2D eigenvalue weighted by Crippen LogP contribution is 2.26. The molecule has 0 unspecified atom stereocenters. The van der Waals surface area contributed by atoms with Crippen molar-refractivity contribution in [1.29, 1.82) is 10.5 Å². The van der Waals surface area contributed by atoms with Gasteiger partial charge in [0.25, 0.3) is 5.82 Å². The average Bonchev–Trinajstić information content (AvgIpc) is 2.76. The molecule has 148 valence electrons. The number of H-pyrrole nitrogens is 1. The van der Waals surface area contributed by atoms with E-state index in [1.165, 1.54) is 6.07 Å². The highest BCUT2D eigenvalue weighted by molar-refractivity contribution is 8.00. The Morgan fingerprint density at radius 2 is 1.70 bits per heavy atom. The quantitative estimate of drug-likeness (QED) is 0.590. The fraction of sp³-hybridized carbons (Fsp3) is 0.0909. The van der Waals surface area contributed by atoms with Gasteiger partial charge in [0.1, 0.15) is 34.8 Å². The normalized spacial score (nSPS) is 11.0. The molecular formula is C22H18N5O2S+. The number of ether oxygens (including phenoxy) is 1. The van der Waals surface area contributed by atoms with E-state index in [0.717, 1.165) is 17.5 Å². The molecule has 30 heavy (non-hydrogen) atoms. The number of carbonyl (C=O) groups excluding carboxylic acids is 1. The summed E-state index contributed by atoms with van der Waals surface area (Å²) in [6.07, 6.45) is 0. The van der Waals surface area contributed by atoms with Crippen LogP contribution >= 0.6 is 11.8 Å². The minimum atomic E-state index is -0.513. The largest absolute Gasteiger partial charge is 0.457 e. The van der Waals surface area contributed by atoms with E-state index < -0.39 is 5.25 Å². The van der Waals surface area contributed by atoms with Crippen LogP contribution in [-0.2, 0) is 4.79 Å². The Balaban J connectivity index is 1.64. The molecule has 1 amide bonds. The smallest absolute Gasteiger partial charge is 0.289 e. The molecule has 3 aromatic rings. The van der Waals surface area contributed by atoms with E-state index in [0.29, 0.717) is 16.5 Å². The molecule has 4 N–H and O–H groups in total. The highest BCUT2D eigenvalue weighted by Gasteiger charge is 2.21. The summed E-state index contributed by atoms with van der Waals surface area (Å²) < 4.78 is 5.73. The van der Waals surface area contributed by atoms with Crippen molar-refractivity contribution < 1.29 is 14.5 Å². The predicted octanol–water partition coefficient (Wildman–Crippen LogP) is 3.74. The number of hydrogen-bond donors (Lipinski definition) is 2. The maximum Gasteiger partial charge on any atom is 0.289 e. The minimum absolute atomic E-state index is 0.153. The van der Waals surface area contributed by atoms with Crippen LogP contribution in [0.25, 0.3) is 0 Å². The number of para-hydroxylation sites is 1. The van der Waals surface area contributed by atoms with Crippen molar-refractivity contribution >= 4 is 29.2 Å². The average molecular weight is 416 g/mol. The van der Waals surface area contributed by atoms with Crippen LogP contribution in [0.15, 0.2) is 65.7 Å². The van der Waals surface area contributed by atoms with Gasteiger partial charge in [-0.15, -0.1) is 0 Å². The Labute approximate surface area is 178 Å². The molecular weight excluding hydrogens is 398 g/mol. The maximum atomic E-state index is 12.6. The molecule has 0 spiro atoms. The number of nitrogen functional groups attached to an aromatic ring is 1.